The van der Waals surface area contributed by atoms with Gasteiger partial charge in [0.2, 0.25) is 0 Å². The maximum absolute atomic E-state index is 12.3. The van der Waals surface area contributed by atoms with Crippen LogP contribution in [0.5, 0.6) is 5.75 Å². The van der Waals surface area contributed by atoms with E-state index in [-0.39, 0.29) is 11.5 Å². The van der Waals surface area contributed by atoms with Gasteiger partial charge in [-0.05, 0) is 0 Å². The second kappa shape index (κ2) is 4.69. The molecule has 1 aliphatic rings. The van der Waals surface area contributed by atoms with Crippen molar-refractivity contribution in [2.24, 2.45) is 0 Å². The Morgan fingerprint density at radius 3 is 2.47 bits per heavy atom. The number of hydrogen-bond acceptors (Lipinski definition) is 2. The van der Waals surface area contributed by atoms with Crippen molar-refractivity contribution >= 4 is 27.9 Å². The van der Waals surface area contributed by atoms with E-state index in [0.29, 0.717) is 12.1 Å². The van der Waals surface area contributed by atoms with Crippen molar-refractivity contribution < 1.29 is 9.53 Å². The van der Waals surface area contributed by atoms with Crippen LogP contribution in [0.3, 0.4) is 0 Å². The van der Waals surface area contributed by atoms with Gasteiger partial charge in [-0.3, -0.25) is 0 Å². The molecule has 1 aromatic rings. The molecule has 0 saturated carbocycles. The van der Waals surface area contributed by atoms with Crippen LogP contribution in [0.15, 0.2) is 18.2 Å². The third-order valence-corrected chi connectivity index (χ3v) is 9.26. The molecule has 4 heteroatoms. The van der Waals surface area contributed by atoms with Crippen molar-refractivity contribution in [3.8, 4) is 5.75 Å². The normalized spacial score (nSPS) is 18.6. The number of benzene rings is 1. The fraction of sp³-hybridized carbons (Fsp3) is 0.533. The summed E-state index contributed by atoms with van der Waals surface area (Å²) < 4.78 is 7.48. The van der Waals surface area contributed by atoms with Crippen LogP contribution in [0.4, 0.5) is 0 Å². The molecule has 0 aliphatic carbocycles. The predicted molar refractivity (Wildman–Crippen MR) is 81.1 cm³/mol. The van der Waals surface area contributed by atoms with E-state index in [4.69, 9.17) is 4.74 Å². The Labute approximate surface area is 119 Å². The Morgan fingerprint density at radius 1 is 1.26 bits per heavy atom. The molecule has 19 heavy (non-hydrogen) atoms. The van der Waals surface area contributed by atoms with E-state index >= 15 is 0 Å². The Hall–Kier alpha value is -0.711. The first-order valence-electron chi connectivity index (χ1n) is 6.69. The monoisotopic (exact) mass is 369 g/mol. The van der Waals surface area contributed by atoms with Crippen molar-refractivity contribution in [1.29, 1.82) is 0 Å². The second-order valence-corrected chi connectivity index (χ2v) is 21.5. The van der Waals surface area contributed by atoms with Crippen LogP contribution in [0.1, 0.15) is 24.2 Å². The number of carbonyl (C=O) groups excluding carboxylic acids is 1. The molecule has 0 bridgehead atoms. The molecule has 0 saturated heterocycles. The van der Waals surface area contributed by atoms with Crippen molar-refractivity contribution in [2.75, 3.05) is 13.6 Å². The molecule has 0 spiro atoms. The molecule has 0 fully saturated rings. The number of likely N-dealkylation sites (N-methyl/N-ethyl adjacent to an activating group) is 1. The number of ether oxygens (including phenoxy) is 1. The van der Waals surface area contributed by atoms with Crippen LogP contribution in [0.2, 0.25) is 14.8 Å². The van der Waals surface area contributed by atoms with Gasteiger partial charge in [-0.2, -0.15) is 0 Å². The molecule has 0 unspecified atom stereocenters. The van der Waals surface area contributed by atoms with E-state index in [1.165, 1.54) is 3.58 Å². The molecule has 0 radical (unpaired) electrons. The number of nitrogens with zero attached hydrogens (tertiary/aromatic N) is 1. The van der Waals surface area contributed by atoms with Gasteiger partial charge in [0.1, 0.15) is 0 Å². The summed E-state index contributed by atoms with van der Waals surface area (Å²) >= 11 is -2.14. The van der Waals surface area contributed by atoms with Crippen molar-refractivity contribution in [2.45, 2.75) is 34.3 Å². The average Bonchev–Trinajstić information content (AvgIpc) is 2.32. The summed E-state index contributed by atoms with van der Waals surface area (Å²) in [6, 6.07) is 6.15. The van der Waals surface area contributed by atoms with Crippen LogP contribution in [0, 0.1) is 0 Å². The number of hydrogen-bond donors (Lipinski definition) is 0. The Morgan fingerprint density at radius 2 is 1.89 bits per heavy atom. The molecule has 2 rings (SSSR count). The molecule has 104 valence electrons. The van der Waals surface area contributed by atoms with Crippen LogP contribution < -0.4 is 8.32 Å². The molecule has 1 amide bonds. The van der Waals surface area contributed by atoms with Gasteiger partial charge in [-0.1, -0.05) is 0 Å². The Bertz CT molecular complexity index is 517. The van der Waals surface area contributed by atoms with Gasteiger partial charge in [0, 0.05) is 0 Å². The third kappa shape index (κ3) is 3.07. The number of rotatable bonds is 1. The molecule has 0 aromatic heterocycles. The summed E-state index contributed by atoms with van der Waals surface area (Å²) in [5, 5.41) is 0. The average molecular weight is 368 g/mol. The van der Waals surface area contributed by atoms with E-state index in [0.717, 1.165) is 5.75 Å². The van der Waals surface area contributed by atoms with Crippen molar-refractivity contribution in [3.63, 3.8) is 0 Å². The van der Waals surface area contributed by atoms with Gasteiger partial charge in [0.15, 0.2) is 0 Å². The molecule has 0 N–H and O–H groups in total. The molecular weight excluding hydrogens is 345 g/mol. The van der Waals surface area contributed by atoms with E-state index in [1.54, 1.807) is 4.90 Å². The van der Waals surface area contributed by atoms with Gasteiger partial charge in [-0.25, -0.2) is 0 Å². The zero-order chi connectivity index (χ0) is 14.4. The number of carbonyl (C=O) groups is 1. The molecule has 0 atom stereocenters. The van der Waals surface area contributed by atoms with Crippen molar-refractivity contribution in [1.82, 2.24) is 4.90 Å². The minimum absolute atomic E-state index is 0.0521. The number of amides is 1. The molecular formula is C15H23NO2Sn. The first-order chi connectivity index (χ1) is 8.60. The summed E-state index contributed by atoms with van der Waals surface area (Å²) in [7, 11) is 1.83. The summed E-state index contributed by atoms with van der Waals surface area (Å²) in [5.41, 5.74) is 0.342. The maximum atomic E-state index is 12.3. The summed E-state index contributed by atoms with van der Waals surface area (Å²) in [4.78, 5) is 21.2. The van der Waals surface area contributed by atoms with E-state index < -0.39 is 18.4 Å². The van der Waals surface area contributed by atoms with E-state index in [2.05, 4.69) is 27.0 Å². The summed E-state index contributed by atoms with van der Waals surface area (Å²) in [5.74, 6) is 0.805. The zero-order valence-electron chi connectivity index (χ0n) is 12.7. The predicted octanol–water partition coefficient (Wildman–Crippen LogP) is 2.47. The first-order valence-corrected chi connectivity index (χ1v) is 16.7. The quantitative estimate of drug-likeness (QED) is 0.713. The van der Waals surface area contributed by atoms with Crippen LogP contribution >= 0.6 is 0 Å². The third-order valence-electron chi connectivity index (χ3n) is 3.43. The first kappa shape index (κ1) is 14.7. The van der Waals surface area contributed by atoms with E-state index in [9.17, 15) is 4.79 Å². The Balaban J connectivity index is 2.54. The fourth-order valence-electron chi connectivity index (χ4n) is 2.43. The van der Waals surface area contributed by atoms with Crippen molar-refractivity contribution in [3.05, 3.63) is 23.8 Å². The second-order valence-electron chi connectivity index (χ2n) is 6.98. The molecule has 3 nitrogen and oxygen atoms in total. The Kier molecular flexibility index (Phi) is 3.62. The fourth-order valence-corrected chi connectivity index (χ4v) is 5.70. The topological polar surface area (TPSA) is 29.5 Å². The standard InChI is InChI=1S/C12H14NO2.3CH3.Sn/c1-12(2)8-13(3)11(14)9-6-4-5-7-10(9)15-12;;;;/h4,6-7H,8H2,1-3H3;3*1H3;. The minimum atomic E-state index is -2.14. The molecule has 1 aliphatic heterocycles. The summed E-state index contributed by atoms with van der Waals surface area (Å²) in [6.07, 6.45) is 0. The van der Waals surface area contributed by atoms with Gasteiger partial charge in [0.05, 0.1) is 0 Å². The molecule has 1 aromatic carbocycles. The van der Waals surface area contributed by atoms with Gasteiger partial charge < -0.3 is 0 Å². The van der Waals surface area contributed by atoms with Gasteiger partial charge >= 0.3 is 120 Å². The van der Waals surface area contributed by atoms with Crippen LogP contribution in [0.25, 0.3) is 0 Å². The van der Waals surface area contributed by atoms with Gasteiger partial charge in [-0.15, -0.1) is 0 Å². The van der Waals surface area contributed by atoms with Crippen LogP contribution in [-0.4, -0.2) is 48.4 Å². The zero-order valence-corrected chi connectivity index (χ0v) is 15.6. The summed E-state index contributed by atoms with van der Waals surface area (Å²) in [6.45, 7) is 4.66. The van der Waals surface area contributed by atoms with Crippen LogP contribution in [-0.2, 0) is 0 Å². The van der Waals surface area contributed by atoms with Gasteiger partial charge in [0.25, 0.3) is 0 Å². The number of fused-ring (bicyclic) bond motifs is 1. The van der Waals surface area contributed by atoms with E-state index in [1.807, 2.05) is 27.0 Å². The molecule has 1 heterocycles. The SMILES string of the molecule is CN1CC(C)(C)Oc2c[c]([Sn]([CH3])([CH3])[CH3])ccc2C1=O.